The van der Waals surface area contributed by atoms with Crippen molar-refractivity contribution < 1.29 is 8.76 Å². The normalized spacial score (nSPS) is 14.1. The number of benzene rings is 1. The summed E-state index contributed by atoms with van der Waals surface area (Å²) in [6.45, 7) is 0. The molecule has 0 fully saturated rings. The quantitative estimate of drug-likeness (QED) is 0.435. The molecule has 1 aromatic rings. The zero-order valence-electron chi connectivity index (χ0n) is 5.32. The zero-order chi connectivity index (χ0) is 7.40. The molecule has 0 aliphatic heterocycles. The van der Waals surface area contributed by atoms with Crippen molar-refractivity contribution in [3.8, 4) is 0 Å². The van der Waals surface area contributed by atoms with Crippen LogP contribution in [0.3, 0.4) is 0 Å². The van der Waals surface area contributed by atoms with E-state index in [1.165, 1.54) is 0 Å². The van der Waals surface area contributed by atoms with Gasteiger partial charge >= 0.3 is 0 Å². The first-order valence-electron chi connectivity index (χ1n) is 2.89. The second-order valence-corrected chi connectivity index (χ2v) is 5.93. The van der Waals surface area contributed by atoms with Gasteiger partial charge in [0.2, 0.25) is 0 Å². The largest absolute Gasteiger partial charge is 0.778 e. The molecule has 0 saturated heterocycles. The third-order valence-electron chi connectivity index (χ3n) is 1.13. The van der Waals surface area contributed by atoms with Crippen LogP contribution in [0.2, 0.25) is 0 Å². The molecule has 54 valence electrons. The average Bonchev–Trinajstić information content (AvgIpc) is 1.88. The summed E-state index contributed by atoms with van der Waals surface area (Å²) in [7, 11) is -2.89. The van der Waals surface area contributed by atoms with Crippen molar-refractivity contribution >= 4 is 24.4 Å². The van der Waals surface area contributed by atoms with E-state index in [4.69, 9.17) is 0 Å². The third kappa shape index (κ3) is 2.43. The van der Waals surface area contributed by atoms with Crippen LogP contribution in [0.4, 0.5) is 0 Å². The first-order chi connectivity index (χ1) is 4.79. The van der Waals surface area contributed by atoms with Crippen LogP contribution in [0.25, 0.3) is 0 Å². The van der Waals surface area contributed by atoms with E-state index in [2.05, 4.69) is 0 Å². The van der Waals surface area contributed by atoms with Crippen molar-refractivity contribution in [2.24, 2.45) is 0 Å². The third-order valence-corrected chi connectivity index (χ3v) is 3.87. The SMILES string of the molecule is O=S([O-])[SiH2]c1ccccc1. The van der Waals surface area contributed by atoms with E-state index in [1.807, 2.05) is 30.3 Å². The van der Waals surface area contributed by atoms with Gasteiger partial charge in [0.15, 0.2) is 0 Å². The van der Waals surface area contributed by atoms with Gasteiger partial charge in [0.05, 0.1) is 0 Å². The molecule has 0 aromatic heterocycles. The fourth-order valence-electron chi connectivity index (χ4n) is 0.710. The number of rotatable bonds is 2. The highest BCUT2D eigenvalue weighted by Gasteiger charge is 1.89. The van der Waals surface area contributed by atoms with E-state index >= 15 is 0 Å². The monoisotopic (exact) mass is 171 g/mol. The van der Waals surface area contributed by atoms with Gasteiger partial charge in [-0.2, -0.15) is 0 Å². The predicted molar refractivity (Wildman–Crippen MR) is 43.5 cm³/mol. The fraction of sp³-hybridized carbons (Fsp3) is 0. The predicted octanol–water partition coefficient (Wildman–Crippen LogP) is -0.725. The van der Waals surface area contributed by atoms with Gasteiger partial charge in [0.1, 0.15) is 8.67 Å². The van der Waals surface area contributed by atoms with Crippen molar-refractivity contribution in [2.75, 3.05) is 0 Å². The van der Waals surface area contributed by atoms with Gasteiger partial charge in [-0.3, -0.25) is 4.21 Å². The average molecular weight is 171 g/mol. The lowest BCUT2D eigenvalue weighted by Crippen LogP contribution is -2.17. The minimum Gasteiger partial charge on any atom is -0.778 e. The maximum atomic E-state index is 10.2. The summed E-state index contributed by atoms with van der Waals surface area (Å²) in [5, 5.41) is 0.968. The van der Waals surface area contributed by atoms with Crippen molar-refractivity contribution in [3.63, 3.8) is 0 Å². The Balaban J connectivity index is 2.67. The van der Waals surface area contributed by atoms with Gasteiger partial charge in [-0.05, 0) is 0 Å². The van der Waals surface area contributed by atoms with Gasteiger partial charge in [0, 0.05) is 0 Å². The van der Waals surface area contributed by atoms with Gasteiger partial charge in [0.25, 0.3) is 0 Å². The minimum absolute atomic E-state index is 0.968. The van der Waals surface area contributed by atoms with Crippen LogP contribution in [0.1, 0.15) is 0 Å². The van der Waals surface area contributed by atoms with E-state index in [1.54, 1.807) is 0 Å². The first-order valence-corrected chi connectivity index (χ1v) is 6.57. The Bertz CT molecular complexity index is 224. The molecule has 0 aliphatic carbocycles. The van der Waals surface area contributed by atoms with Crippen LogP contribution in [0.5, 0.6) is 0 Å². The maximum Gasteiger partial charge on any atom is 0.140 e. The summed E-state index contributed by atoms with van der Waals surface area (Å²) in [6, 6.07) is 9.29. The molecule has 0 saturated carbocycles. The van der Waals surface area contributed by atoms with E-state index in [9.17, 15) is 8.76 Å². The lowest BCUT2D eigenvalue weighted by Gasteiger charge is -2.02. The Hall–Kier alpha value is -0.453. The summed E-state index contributed by atoms with van der Waals surface area (Å²) < 4.78 is 20.5. The molecular formula is C6H7O2SSi-. The molecule has 0 bridgehead atoms. The molecule has 0 aliphatic rings. The van der Waals surface area contributed by atoms with Crippen LogP contribution < -0.4 is 5.19 Å². The highest BCUT2D eigenvalue weighted by molar-refractivity contribution is 8.06. The van der Waals surface area contributed by atoms with Gasteiger partial charge in [-0.1, -0.05) is 46.0 Å². The highest BCUT2D eigenvalue weighted by Crippen LogP contribution is 1.81. The Kier molecular flexibility index (Phi) is 2.79. The minimum atomic E-state index is -1.83. The van der Waals surface area contributed by atoms with Crippen molar-refractivity contribution in [1.82, 2.24) is 0 Å². The molecule has 10 heavy (non-hydrogen) atoms. The summed E-state index contributed by atoms with van der Waals surface area (Å²) in [5.41, 5.74) is 0. The lowest BCUT2D eigenvalue weighted by molar-refractivity contribution is 0.551. The molecule has 4 heteroatoms. The second kappa shape index (κ2) is 3.65. The van der Waals surface area contributed by atoms with Crippen molar-refractivity contribution in [1.29, 1.82) is 0 Å². The lowest BCUT2D eigenvalue weighted by atomic mass is 10.4. The second-order valence-electron chi connectivity index (χ2n) is 1.93. The number of hydrogen-bond acceptors (Lipinski definition) is 2. The molecule has 0 radical (unpaired) electrons. The van der Waals surface area contributed by atoms with Crippen LogP contribution in [0.15, 0.2) is 30.3 Å². The molecule has 1 rings (SSSR count). The molecule has 1 aromatic carbocycles. The van der Waals surface area contributed by atoms with Crippen LogP contribution >= 0.6 is 0 Å². The van der Waals surface area contributed by atoms with Gasteiger partial charge in [-0.15, -0.1) is 0 Å². The Labute approximate surface area is 64.0 Å². The highest BCUT2D eigenvalue weighted by atomic mass is 32.4. The molecule has 1 atom stereocenters. The molecule has 0 spiro atoms. The first kappa shape index (κ1) is 7.65. The summed E-state index contributed by atoms with van der Waals surface area (Å²) in [5.74, 6) is 0. The Morgan fingerprint density at radius 3 is 2.40 bits per heavy atom. The Morgan fingerprint density at radius 2 is 1.90 bits per heavy atom. The maximum absolute atomic E-state index is 10.2. The number of hydrogen-bond donors (Lipinski definition) is 0. The molecule has 0 N–H and O–H groups in total. The van der Waals surface area contributed by atoms with Crippen molar-refractivity contribution in [2.45, 2.75) is 0 Å². The Morgan fingerprint density at radius 1 is 1.30 bits per heavy atom. The molecule has 2 nitrogen and oxygen atoms in total. The molecular weight excluding hydrogens is 164 g/mol. The zero-order valence-corrected chi connectivity index (χ0v) is 7.55. The summed E-state index contributed by atoms with van der Waals surface area (Å²) in [4.78, 5) is 0. The molecule has 0 heterocycles. The fourth-order valence-corrected chi connectivity index (χ4v) is 2.84. The van der Waals surface area contributed by atoms with Gasteiger partial charge in [-0.25, -0.2) is 0 Å². The molecule has 0 amide bonds. The summed E-state index contributed by atoms with van der Waals surface area (Å²) in [6.07, 6.45) is 0. The van der Waals surface area contributed by atoms with E-state index in [0.29, 0.717) is 0 Å². The van der Waals surface area contributed by atoms with Gasteiger partial charge < -0.3 is 4.55 Å². The van der Waals surface area contributed by atoms with E-state index in [-0.39, 0.29) is 0 Å². The van der Waals surface area contributed by atoms with Crippen LogP contribution in [-0.4, -0.2) is 17.4 Å². The summed E-state index contributed by atoms with van der Waals surface area (Å²) >= 11 is 0. The van der Waals surface area contributed by atoms with E-state index in [0.717, 1.165) is 5.19 Å². The van der Waals surface area contributed by atoms with Crippen LogP contribution in [0, 0.1) is 0 Å². The van der Waals surface area contributed by atoms with Crippen molar-refractivity contribution in [3.05, 3.63) is 30.3 Å². The standard InChI is InChI=1S/C6H8O2SSi/c7-9(8)10-6-4-2-1-3-5-6/h1-5H,10H2,(H,7,8)/p-1. The van der Waals surface area contributed by atoms with E-state index < -0.39 is 19.2 Å². The molecule has 1 unspecified atom stereocenters. The van der Waals surface area contributed by atoms with Crippen LogP contribution in [-0.2, 0) is 10.5 Å². The topological polar surface area (TPSA) is 40.1 Å². The smallest absolute Gasteiger partial charge is 0.140 e.